The van der Waals surface area contributed by atoms with E-state index in [0.717, 1.165) is 57.4 Å². The Balaban J connectivity index is 4.94. The quantitative estimate of drug-likeness (QED) is 0.311. The van der Waals surface area contributed by atoms with Crippen LogP contribution in [-0.4, -0.2) is 41.2 Å². The van der Waals surface area contributed by atoms with Crippen molar-refractivity contribution < 1.29 is 13.3 Å². The smallest absolute Gasteiger partial charge is 0.373 e. The van der Waals surface area contributed by atoms with Crippen molar-refractivity contribution in [3.63, 3.8) is 0 Å². The third-order valence-corrected chi connectivity index (χ3v) is 6.72. The highest BCUT2D eigenvalue weighted by molar-refractivity contribution is 6.60. The van der Waals surface area contributed by atoms with Crippen LogP contribution >= 0.6 is 0 Å². The molecule has 0 aliphatic heterocycles. The number of unbranched alkanes of at least 4 members (excludes halogenated alkanes) is 2. The summed E-state index contributed by atoms with van der Waals surface area (Å²) in [6.07, 6.45) is 8.25. The maximum absolute atomic E-state index is 6.47. The summed E-state index contributed by atoms with van der Waals surface area (Å²) in [5.74, 6) is 0. The summed E-state index contributed by atoms with van der Waals surface area (Å²) in [6, 6.07) is 0.807. The van der Waals surface area contributed by atoms with Crippen molar-refractivity contribution in [1.82, 2.24) is 0 Å². The summed E-state index contributed by atoms with van der Waals surface area (Å²) in [4.78, 5) is 0. The Labute approximate surface area is 144 Å². The van der Waals surface area contributed by atoms with Crippen molar-refractivity contribution in [3.05, 3.63) is 0 Å². The van der Waals surface area contributed by atoms with Gasteiger partial charge in [0.1, 0.15) is 0 Å². The normalized spacial score (nSPS) is 13.4. The van der Waals surface area contributed by atoms with E-state index >= 15 is 0 Å². The molecule has 0 saturated carbocycles. The van der Waals surface area contributed by atoms with Gasteiger partial charge in [0.05, 0.1) is 6.10 Å². The van der Waals surface area contributed by atoms with Gasteiger partial charge in [0.15, 0.2) is 0 Å². The molecule has 23 heavy (non-hydrogen) atoms. The molecule has 1 unspecified atom stereocenters. The number of hydrogen-bond acceptors (Lipinski definition) is 5. The van der Waals surface area contributed by atoms with Crippen LogP contribution in [0.1, 0.15) is 72.1 Å². The van der Waals surface area contributed by atoms with E-state index in [-0.39, 0.29) is 6.10 Å². The molecule has 0 spiro atoms. The summed E-state index contributed by atoms with van der Waals surface area (Å²) in [7, 11) is -2.66. The average Bonchev–Trinajstić information content (AvgIpc) is 2.54. The minimum absolute atomic E-state index is 0.137. The van der Waals surface area contributed by atoms with E-state index in [1.807, 2.05) is 0 Å². The molecule has 0 aliphatic rings. The summed E-state index contributed by atoms with van der Waals surface area (Å²) in [5, 5.41) is 0. The topological polar surface area (TPSA) is 79.7 Å². The molecule has 0 aromatic carbocycles. The summed E-state index contributed by atoms with van der Waals surface area (Å²) < 4.78 is 19.0. The molecule has 0 saturated heterocycles. The van der Waals surface area contributed by atoms with Gasteiger partial charge in [-0.2, -0.15) is 0 Å². The third kappa shape index (κ3) is 11.2. The van der Waals surface area contributed by atoms with E-state index in [2.05, 4.69) is 20.8 Å². The lowest BCUT2D eigenvalue weighted by Gasteiger charge is -2.33. The van der Waals surface area contributed by atoms with E-state index in [1.165, 1.54) is 0 Å². The first-order valence-corrected chi connectivity index (χ1v) is 11.5. The van der Waals surface area contributed by atoms with Gasteiger partial charge < -0.3 is 24.7 Å². The molecular formula is C17H40N2O3Si. The second kappa shape index (κ2) is 15.5. The molecule has 0 bridgehead atoms. The Hall–Kier alpha value is 0.0169. The Morgan fingerprint density at radius 1 is 0.783 bits per heavy atom. The van der Waals surface area contributed by atoms with Crippen molar-refractivity contribution >= 4 is 8.80 Å². The predicted octanol–water partition coefficient (Wildman–Crippen LogP) is 3.44. The van der Waals surface area contributed by atoms with Gasteiger partial charge in [0.2, 0.25) is 0 Å². The van der Waals surface area contributed by atoms with Crippen molar-refractivity contribution in [2.24, 2.45) is 11.5 Å². The first kappa shape index (κ1) is 23.0. The van der Waals surface area contributed by atoms with Gasteiger partial charge in [-0.3, -0.25) is 0 Å². The van der Waals surface area contributed by atoms with Gasteiger partial charge in [-0.25, -0.2) is 0 Å². The fourth-order valence-corrected chi connectivity index (χ4v) is 5.32. The van der Waals surface area contributed by atoms with Crippen LogP contribution in [0.5, 0.6) is 0 Å². The van der Waals surface area contributed by atoms with Crippen LogP contribution in [0, 0.1) is 0 Å². The number of rotatable bonds is 17. The zero-order valence-electron chi connectivity index (χ0n) is 15.6. The molecule has 6 heteroatoms. The second-order valence-corrected chi connectivity index (χ2v) is 8.76. The Bertz CT molecular complexity index is 242. The van der Waals surface area contributed by atoms with Gasteiger partial charge in [0.25, 0.3) is 0 Å². The van der Waals surface area contributed by atoms with E-state index < -0.39 is 8.80 Å². The lowest BCUT2D eigenvalue weighted by atomic mass is 10.1. The summed E-state index contributed by atoms with van der Waals surface area (Å²) in [6.45, 7) is 9.20. The largest absolute Gasteiger partial charge is 0.501 e. The third-order valence-electron chi connectivity index (χ3n) is 3.77. The van der Waals surface area contributed by atoms with Gasteiger partial charge in [-0.15, -0.1) is 0 Å². The van der Waals surface area contributed by atoms with Crippen LogP contribution in [0.3, 0.4) is 0 Å². The molecule has 0 radical (unpaired) electrons. The van der Waals surface area contributed by atoms with Crippen molar-refractivity contribution in [3.8, 4) is 0 Å². The zero-order valence-corrected chi connectivity index (χ0v) is 16.6. The minimum atomic E-state index is -2.66. The molecule has 0 aromatic heterocycles. The van der Waals surface area contributed by atoms with Gasteiger partial charge in [0, 0.05) is 19.3 Å². The fraction of sp³-hybridized carbons (Fsp3) is 1.00. The lowest BCUT2D eigenvalue weighted by Crippen LogP contribution is -2.49. The second-order valence-electron chi connectivity index (χ2n) is 6.09. The Morgan fingerprint density at radius 2 is 1.39 bits per heavy atom. The minimum Gasteiger partial charge on any atom is -0.373 e. The highest BCUT2D eigenvalue weighted by Crippen LogP contribution is 2.23. The highest BCUT2D eigenvalue weighted by Gasteiger charge is 2.42. The van der Waals surface area contributed by atoms with Crippen LogP contribution in [0.2, 0.25) is 6.04 Å². The molecule has 140 valence electrons. The maximum atomic E-state index is 6.47. The molecular weight excluding hydrogens is 308 g/mol. The molecule has 0 aromatic rings. The molecule has 0 amide bonds. The molecule has 0 heterocycles. The fourth-order valence-electron chi connectivity index (χ4n) is 2.40. The van der Waals surface area contributed by atoms with Gasteiger partial charge >= 0.3 is 8.80 Å². The Morgan fingerprint density at radius 3 is 1.83 bits per heavy atom. The lowest BCUT2D eigenvalue weighted by molar-refractivity contribution is 0.0197. The molecule has 4 N–H and O–H groups in total. The Kier molecular flexibility index (Phi) is 15.6. The van der Waals surface area contributed by atoms with Crippen LogP contribution < -0.4 is 11.5 Å². The first-order chi connectivity index (χ1) is 11.2. The average molecular weight is 349 g/mol. The number of hydrogen-bond donors (Lipinski definition) is 2. The van der Waals surface area contributed by atoms with Gasteiger partial charge in [-0.05, 0) is 45.2 Å². The van der Waals surface area contributed by atoms with E-state index in [9.17, 15) is 0 Å². The van der Waals surface area contributed by atoms with Crippen LogP contribution in [0.15, 0.2) is 0 Å². The number of nitrogens with two attached hydrogens (primary N) is 2. The summed E-state index contributed by atoms with van der Waals surface area (Å²) >= 11 is 0. The standard InChI is InChI=1S/C17H40N2O3Si/c1-4-7-14-20-23(16-9-12-18,21-15-8-5-2)22-17(10-6-3)11-13-19/h17H,4-16,18-19H2,1-3H3. The zero-order chi connectivity index (χ0) is 17.4. The van der Waals surface area contributed by atoms with Gasteiger partial charge in [-0.1, -0.05) is 40.0 Å². The van der Waals surface area contributed by atoms with Crippen molar-refractivity contribution in [2.75, 3.05) is 26.3 Å². The molecule has 1 atom stereocenters. The van der Waals surface area contributed by atoms with E-state index in [1.54, 1.807) is 0 Å². The SMILES string of the molecule is CCCCO[Si](CCCN)(OCCCC)OC(CCC)CCN. The van der Waals surface area contributed by atoms with Crippen LogP contribution in [0.4, 0.5) is 0 Å². The molecule has 0 fully saturated rings. The van der Waals surface area contributed by atoms with Crippen molar-refractivity contribution in [1.29, 1.82) is 0 Å². The van der Waals surface area contributed by atoms with Crippen LogP contribution in [0.25, 0.3) is 0 Å². The first-order valence-electron chi connectivity index (χ1n) is 9.53. The van der Waals surface area contributed by atoms with Crippen molar-refractivity contribution in [2.45, 2.75) is 84.3 Å². The highest BCUT2D eigenvalue weighted by atomic mass is 28.4. The molecule has 0 rings (SSSR count). The summed E-state index contributed by atoms with van der Waals surface area (Å²) in [5.41, 5.74) is 11.5. The molecule has 5 nitrogen and oxygen atoms in total. The van der Waals surface area contributed by atoms with Crippen LogP contribution in [-0.2, 0) is 13.3 Å². The monoisotopic (exact) mass is 348 g/mol. The predicted molar refractivity (Wildman–Crippen MR) is 99.4 cm³/mol. The van der Waals surface area contributed by atoms with E-state index in [4.69, 9.17) is 24.7 Å². The maximum Gasteiger partial charge on any atom is 0.501 e. The molecule has 0 aliphatic carbocycles. The van der Waals surface area contributed by atoms with E-state index in [0.29, 0.717) is 26.3 Å².